The lowest BCUT2D eigenvalue weighted by atomic mass is 10.1. The minimum absolute atomic E-state index is 0.364. The van der Waals surface area contributed by atoms with Crippen LogP contribution in [0.25, 0.3) is 0 Å². The van der Waals surface area contributed by atoms with Crippen LogP contribution in [0.5, 0.6) is 5.75 Å². The third kappa shape index (κ3) is 10.1. The SMILES string of the molecule is CCCCCCCNCCOc1ccc(CC(OCC)C(=O)O)cc1. The molecule has 0 heterocycles. The summed E-state index contributed by atoms with van der Waals surface area (Å²) in [6, 6.07) is 7.55. The number of hydrogen-bond acceptors (Lipinski definition) is 4. The van der Waals surface area contributed by atoms with Crippen LogP contribution >= 0.6 is 0 Å². The highest BCUT2D eigenvalue weighted by atomic mass is 16.5. The van der Waals surface area contributed by atoms with Gasteiger partial charge in [-0.15, -0.1) is 0 Å². The van der Waals surface area contributed by atoms with Gasteiger partial charge in [-0.25, -0.2) is 4.79 Å². The number of carbonyl (C=O) groups is 1. The predicted molar refractivity (Wildman–Crippen MR) is 100 cm³/mol. The van der Waals surface area contributed by atoms with Crippen LogP contribution in [0.2, 0.25) is 0 Å². The molecule has 0 radical (unpaired) electrons. The van der Waals surface area contributed by atoms with Crippen LogP contribution in [0.15, 0.2) is 24.3 Å². The predicted octanol–water partition coefficient (Wildman–Crippen LogP) is 3.66. The van der Waals surface area contributed by atoms with Crippen molar-refractivity contribution in [3.05, 3.63) is 29.8 Å². The molecule has 0 spiro atoms. The summed E-state index contributed by atoms with van der Waals surface area (Å²) in [5.74, 6) is -0.125. The molecule has 0 amide bonds. The molecule has 1 aromatic carbocycles. The van der Waals surface area contributed by atoms with Crippen LogP contribution < -0.4 is 10.1 Å². The van der Waals surface area contributed by atoms with Crippen molar-refractivity contribution >= 4 is 5.97 Å². The molecule has 0 saturated carbocycles. The van der Waals surface area contributed by atoms with E-state index in [1.54, 1.807) is 6.92 Å². The second-order valence-corrected chi connectivity index (χ2v) is 6.14. The normalized spacial score (nSPS) is 12.1. The topological polar surface area (TPSA) is 67.8 Å². The van der Waals surface area contributed by atoms with Gasteiger partial charge in [0.05, 0.1) is 0 Å². The maximum atomic E-state index is 11.1. The highest BCUT2D eigenvalue weighted by Crippen LogP contribution is 2.14. The summed E-state index contributed by atoms with van der Waals surface area (Å²) in [5.41, 5.74) is 0.929. The van der Waals surface area contributed by atoms with Crippen LogP contribution in [0.1, 0.15) is 51.5 Å². The van der Waals surface area contributed by atoms with Crippen molar-refractivity contribution in [3.63, 3.8) is 0 Å². The molecule has 0 aliphatic rings. The molecule has 1 rings (SSSR count). The Kier molecular flexibility index (Phi) is 11.7. The molecule has 2 N–H and O–H groups in total. The summed E-state index contributed by atoms with van der Waals surface area (Å²) in [5, 5.41) is 12.5. The Hall–Kier alpha value is -1.59. The lowest BCUT2D eigenvalue weighted by Crippen LogP contribution is -2.26. The van der Waals surface area contributed by atoms with Crippen LogP contribution in [-0.4, -0.2) is 43.5 Å². The molecule has 0 aliphatic carbocycles. The molecule has 0 bridgehead atoms. The van der Waals surface area contributed by atoms with Gasteiger partial charge < -0.3 is 19.9 Å². The van der Waals surface area contributed by atoms with Gasteiger partial charge in [0.2, 0.25) is 0 Å². The number of hydrogen-bond donors (Lipinski definition) is 2. The van der Waals surface area contributed by atoms with Gasteiger partial charge in [0.15, 0.2) is 6.10 Å². The first-order chi connectivity index (χ1) is 12.2. The van der Waals surface area contributed by atoms with E-state index in [9.17, 15) is 4.79 Å². The van der Waals surface area contributed by atoms with Gasteiger partial charge in [-0.05, 0) is 37.6 Å². The molecular formula is C20H33NO4. The second-order valence-electron chi connectivity index (χ2n) is 6.14. The third-order valence-electron chi connectivity index (χ3n) is 3.99. The van der Waals surface area contributed by atoms with Crippen molar-refractivity contribution in [2.45, 2.75) is 58.5 Å². The largest absolute Gasteiger partial charge is 0.492 e. The van der Waals surface area contributed by atoms with Crippen molar-refractivity contribution in [2.24, 2.45) is 0 Å². The first-order valence-electron chi connectivity index (χ1n) is 9.44. The maximum Gasteiger partial charge on any atom is 0.333 e. The molecule has 0 saturated heterocycles. The third-order valence-corrected chi connectivity index (χ3v) is 3.99. The number of unbranched alkanes of at least 4 members (excludes halogenated alkanes) is 4. The zero-order valence-electron chi connectivity index (χ0n) is 15.6. The van der Waals surface area contributed by atoms with E-state index < -0.39 is 12.1 Å². The molecule has 5 nitrogen and oxygen atoms in total. The zero-order valence-corrected chi connectivity index (χ0v) is 15.6. The van der Waals surface area contributed by atoms with Crippen LogP contribution in [0, 0.1) is 0 Å². The summed E-state index contributed by atoms with van der Waals surface area (Å²) in [4.78, 5) is 11.1. The zero-order chi connectivity index (χ0) is 18.3. The summed E-state index contributed by atoms with van der Waals surface area (Å²) in [6.45, 7) is 6.92. The van der Waals surface area contributed by atoms with E-state index in [1.165, 1.54) is 32.1 Å². The van der Waals surface area contributed by atoms with Crippen molar-refractivity contribution in [1.29, 1.82) is 0 Å². The Morgan fingerprint density at radius 3 is 2.44 bits per heavy atom. The highest BCUT2D eigenvalue weighted by molar-refractivity contribution is 5.72. The number of carboxylic acids is 1. The van der Waals surface area contributed by atoms with Crippen molar-refractivity contribution in [2.75, 3.05) is 26.3 Å². The summed E-state index contributed by atoms with van der Waals surface area (Å²) < 4.78 is 10.9. The number of benzene rings is 1. The van der Waals surface area contributed by atoms with Crippen LogP contribution in [0.4, 0.5) is 0 Å². The molecule has 1 unspecified atom stereocenters. The monoisotopic (exact) mass is 351 g/mol. The van der Waals surface area contributed by atoms with Gasteiger partial charge in [0.1, 0.15) is 12.4 Å². The minimum atomic E-state index is -0.928. The first-order valence-corrected chi connectivity index (χ1v) is 9.44. The van der Waals surface area contributed by atoms with Gasteiger partial charge in [0.25, 0.3) is 0 Å². The van der Waals surface area contributed by atoms with Crippen LogP contribution in [-0.2, 0) is 16.0 Å². The Morgan fingerprint density at radius 2 is 1.80 bits per heavy atom. The summed E-state index contributed by atoms with van der Waals surface area (Å²) in [7, 11) is 0. The van der Waals surface area contributed by atoms with Gasteiger partial charge in [-0.1, -0.05) is 44.7 Å². The van der Waals surface area contributed by atoms with E-state index in [0.717, 1.165) is 24.4 Å². The second kappa shape index (κ2) is 13.7. The van der Waals surface area contributed by atoms with Gasteiger partial charge in [-0.3, -0.25) is 0 Å². The average molecular weight is 351 g/mol. The number of nitrogens with one attached hydrogen (secondary N) is 1. The van der Waals surface area contributed by atoms with E-state index in [0.29, 0.717) is 19.6 Å². The quantitative estimate of drug-likeness (QED) is 0.472. The lowest BCUT2D eigenvalue weighted by Gasteiger charge is -2.13. The first kappa shape index (κ1) is 21.5. The van der Waals surface area contributed by atoms with E-state index in [2.05, 4.69) is 12.2 Å². The molecule has 142 valence electrons. The smallest absolute Gasteiger partial charge is 0.333 e. The fourth-order valence-electron chi connectivity index (χ4n) is 2.57. The van der Waals surface area contributed by atoms with E-state index >= 15 is 0 Å². The fourth-order valence-corrected chi connectivity index (χ4v) is 2.57. The summed E-state index contributed by atoms with van der Waals surface area (Å²) in [6.07, 6.45) is 6.02. The molecule has 5 heteroatoms. The van der Waals surface area contributed by atoms with Gasteiger partial charge in [-0.2, -0.15) is 0 Å². The average Bonchev–Trinajstić information content (AvgIpc) is 2.61. The van der Waals surface area contributed by atoms with E-state index in [-0.39, 0.29) is 0 Å². The minimum Gasteiger partial charge on any atom is -0.492 e. The Bertz CT molecular complexity index is 461. The van der Waals surface area contributed by atoms with Crippen molar-refractivity contribution in [3.8, 4) is 5.75 Å². The molecule has 0 aliphatic heterocycles. The Morgan fingerprint density at radius 1 is 1.08 bits per heavy atom. The molecule has 0 aromatic heterocycles. The molecule has 1 aromatic rings. The number of carboxylic acid groups (broad SMARTS) is 1. The summed E-state index contributed by atoms with van der Waals surface area (Å²) >= 11 is 0. The number of ether oxygens (including phenoxy) is 2. The van der Waals surface area contributed by atoms with Gasteiger partial charge in [0, 0.05) is 19.6 Å². The molecule has 25 heavy (non-hydrogen) atoms. The standard InChI is InChI=1S/C20H33NO4/c1-3-5-6-7-8-13-21-14-15-25-18-11-9-17(10-12-18)16-19(20(22)23)24-4-2/h9-12,19,21H,3-8,13-16H2,1-2H3,(H,22,23). The van der Waals surface area contributed by atoms with E-state index in [1.807, 2.05) is 24.3 Å². The van der Waals surface area contributed by atoms with Crippen molar-refractivity contribution in [1.82, 2.24) is 5.32 Å². The maximum absolute atomic E-state index is 11.1. The molecule has 0 fully saturated rings. The Labute approximate surface area is 151 Å². The van der Waals surface area contributed by atoms with Gasteiger partial charge >= 0.3 is 5.97 Å². The number of rotatable bonds is 15. The Balaban J connectivity index is 2.18. The van der Waals surface area contributed by atoms with Crippen molar-refractivity contribution < 1.29 is 19.4 Å². The fraction of sp³-hybridized carbons (Fsp3) is 0.650. The lowest BCUT2D eigenvalue weighted by molar-refractivity contribution is -0.149. The van der Waals surface area contributed by atoms with Crippen LogP contribution in [0.3, 0.4) is 0 Å². The number of aliphatic carboxylic acids is 1. The van der Waals surface area contributed by atoms with E-state index in [4.69, 9.17) is 14.6 Å². The molecular weight excluding hydrogens is 318 g/mol. The molecule has 1 atom stereocenters. The highest BCUT2D eigenvalue weighted by Gasteiger charge is 2.17.